The molecule has 0 saturated carbocycles. The second-order valence-electron chi connectivity index (χ2n) is 7.26. The topological polar surface area (TPSA) is 67.4 Å². The maximum absolute atomic E-state index is 5.80. The summed E-state index contributed by atoms with van der Waals surface area (Å²) in [6, 6.07) is 14.4. The van der Waals surface area contributed by atoms with Crippen molar-refractivity contribution in [3.63, 3.8) is 0 Å². The second-order valence-corrected chi connectivity index (χ2v) is 7.26. The van der Waals surface area contributed by atoms with E-state index in [4.69, 9.17) is 19.2 Å². The number of para-hydroxylation sites is 1. The summed E-state index contributed by atoms with van der Waals surface area (Å²) in [6.45, 7) is 8.15. The molecule has 0 atom stereocenters. The fourth-order valence-corrected chi connectivity index (χ4v) is 3.61. The van der Waals surface area contributed by atoms with Crippen LogP contribution in [0.1, 0.15) is 18.9 Å². The summed E-state index contributed by atoms with van der Waals surface area (Å²) >= 11 is 0. The average molecular weight is 411 g/mol. The number of morpholine rings is 1. The van der Waals surface area contributed by atoms with Gasteiger partial charge in [-0.2, -0.15) is 0 Å². The first-order chi connectivity index (χ1) is 14.8. The van der Waals surface area contributed by atoms with Crippen molar-refractivity contribution in [3.05, 3.63) is 48.0 Å². The van der Waals surface area contributed by atoms with Crippen molar-refractivity contribution >= 4 is 17.3 Å². The molecule has 7 heteroatoms. The van der Waals surface area contributed by atoms with Gasteiger partial charge in [-0.15, -0.1) is 0 Å². The van der Waals surface area contributed by atoms with E-state index in [1.807, 2.05) is 18.2 Å². The number of rotatable bonds is 5. The van der Waals surface area contributed by atoms with Gasteiger partial charge in [0.15, 0.2) is 17.5 Å². The van der Waals surface area contributed by atoms with Crippen LogP contribution in [0.5, 0.6) is 11.5 Å². The molecule has 2 aliphatic rings. The van der Waals surface area contributed by atoms with Gasteiger partial charge < -0.3 is 29.7 Å². The van der Waals surface area contributed by atoms with E-state index < -0.39 is 0 Å². The Hall–Kier alpha value is -2.93. The molecule has 0 spiro atoms. The zero-order valence-corrected chi connectivity index (χ0v) is 17.5. The number of ether oxygens (including phenoxy) is 3. The molecule has 0 radical (unpaired) electrons. The molecule has 0 unspecified atom stereocenters. The van der Waals surface area contributed by atoms with Crippen molar-refractivity contribution in [3.8, 4) is 11.5 Å². The standard InChI is InChI=1S/C23H30N4O3/c1-2-24-23(26-19-8-9-21-22(16-19)30-13-5-12-29-21)25-17-18-6-3-4-7-20(18)27-10-14-28-15-11-27/h3-4,6-9,16H,2,5,10-15,17H2,1H3,(H2,24,25,26). The highest BCUT2D eigenvalue weighted by Gasteiger charge is 2.15. The Morgan fingerprint density at radius 1 is 1.00 bits per heavy atom. The fourth-order valence-electron chi connectivity index (χ4n) is 3.61. The minimum atomic E-state index is 0.591. The van der Waals surface area contributed by atoms with Crippen LogP contribution in [0, 0.1) is 0 Å². The minimum absolute atomic E-state index is 0.591. The van der Waals surface area contributed by atoms with Crippen LogP contribution in [0.15, 0.2) is 47.5 Å². The summed E-state index contributed by atoms with van der Waals surface area (Å²) in [6.07, 6.45) is 0.893. The summed E-state index contributed by atoms with van der Waals surface area (Å²) in [5.74, 6) is 2.30. The van der Waals surface area contributed by atoms with Gasteiger partial charge in [-0.1, -0.05) is 18.2 Å². The SMILES string of the molecule is CCNC(=NCc1ccccc1N1CCOCC1)Nc1ccc2c(c1)OCCCO2. The molecule has 2 aromatic carbocycles. The quantitative estimate of drug-likeness (QED) is 0.583. The fraction of sp³-hybridized carbons (Fsp3) is 0.435. The Balaban J connectivity index is 1.49. The first-order valence-electron chi connectivity index (χ1n) is 10.7. The number of hydrogen-bond donors (Lipinski definition) is 2. The molecule has 160 valence electrons. The van der Waals surface area contributed by atoms with Crippen molar-refractivity contribution in [2.45, 2.75) is 19.9 Å². The van der Waals surface area contributed by atoms with Crippen molar-refractivity contribution < 1.29 is 14.2 Å². The summed E-state index contributed by atoms with van der Waals surface area (Å²) in [5.41, 5.74) is 3.35. The zero-order valence-electron chi connectivity index (χ0n) is 17.5. The van der Waals surface area contributed by atoms with Crippen LogP contribution in [0.3, 0.4) is 0 Å². The van der Waals surface area contributed by atoms with E-state index in [0.29, 0.717) is 19.8 Å². The smallest absolute Gasteiger partial charge is 0.196 e. The second kappa shape index (κ2) is 10.2. The van der Waals surface area contributed by atoms with E-state index in [0.717, 1.165) is 62.4 Å². The molecule has 2 N–H and O–H groups in total. The molecule has 0 aromatic heterocycles. The number of aliphatic imine (C=N–C) groups is 1. The van der Waals surface area contributed by atoms with Crippen LogP contribution in [0.25, 0.3) is 0 Å². The monoisotopic (exact) mass is 410 g/mol. The number of hydrogen-bond acceptors (Lipinski definition) is 5. The van der Waals surface area contributed by atoms with Crippen LogP contribution in [-0.2, 0) is 11.3 Å². The van der Waals surface area contributed by atoms with Gasteiger partial charge >= 0.3 is 0 Å². The van der Waals surface area contributed by atoms with Gasteiger partial charge in [0, 0.05) is 43.5 Å². The molecule has 2 aromatic rings. The summed E-state index contributed by atoms with van der Waals surface area (Å²) in [4.78, 5) is 7.20. The van der Waals surface area contributed by atoms with Gasteiger partial charge in [-0.3, -0.25) is 0 Å². The van der Waals surface area contributed by atoms with Gasteiger partial charge in [0.25, 0.3) is 0 Å². The lowest BCUT2D eigenvalue weighted by Crippen LogP contribution is -2.36. The molecule has 1 fully saturated rings. The Morgan fingerprint density at radius 2 is 1.80 bits per heavy atom. The summed E-state index contributed by atoms with van der Waals surface area (Å²) < 4.78 is 17.0. The van der Waals surface area contributed by atoms with E-state index in [9.17, 15) is 0 Å². The Morgan fingerprint density at radius 3 is 2.63 bits per heavy atom. The van der Waals surface area contributed by atoms with Crippen molar-refractivity contribution in [2.24, 2.45) is 4.99 Å². The lowest BCUT2D eigenvalue weighted by Gasteiger charge is -2.30. The molecule has 7 nitrogen and oxygen atoms in total. The zero-order chi connectivity index (χ0) is 20.6. The molecule has 0 aliphatic carbocycles. The summed E-state index contributed by atoms with van der Waals surface area (Å²) in [5, 5.41) is 6.72. The van der Waals surface area contributed by atoms with Crippen molar-refractivity contribution in [2.75, 3.05) is 56.3 Å². The van der Waals surface area contributed by atoms with Crippen LogP contribution < -0.4 is 25.0 Å². The van der Waals surface area contributed by atoms with Crippen LogP contribution in [0.4, 0.5) is 11.4 Å². The number of nitrogens with one attached hydrogen (secondary N) is 2. The third kappa shape index (κ3) is 5.16. The Kier molecular flexibility index (Phi) is 6.92. The number of fused-ring (bicyclic) bond motifs is 1. The predicted molar refractivity (Wildman–Crippen MR) is 120 cm³/mol. The number of guanidine groups is 1. The molecule has 2 heterocycles. The van der Waals surface area contributed by atoms with Crippen molar-refractivity contribution in [1.29, 1.82) is 0 Å². The number of anilines is 2. The van der Waals surface area contributed by atoms with Gasteiger partial charge in [0.2, 0.25) is 0 Å². The molecular formula is C23H30N4O3. The molecule has 1 saturated heterocycles. The first kappa shape index (κ1) is 20.3. The largest absolute Gasteiger partial charge is 0.490 e. The van der Waals surface area contributed by atoms with Crippen LogP contribution >= 0.6 is 0 Å². The highest BCUT2D eigenvalue weighted by Crippen LogP contribution is 2.32. The van der Waals surface area contributed by atoms with Gasteiger partial charge in [0.05, 0.1) is 33.0 Å². The van der Waals surface area contributed by atoms with E-state index in [1.165, 1.54) is 11.3 Å². The lowest BCUT2D eigenvalue weighted by molar-refractivity contribution is 0.122. The predicted octanol–water partition coefficient (Wildman–Crippen LogP) is 3.26. The van der Waals surface area contributed by atoms with Gasteiger partial charge in [0.1, 0.15) is 0 Å². The van der Waals surface area contributed by atoms with Crippen LogP contribution in [-0.4, -0.2) is 52.0 Å². The minimum Gasteiger partial charge on any atom is -0.490 e. The highest BCUT2D eigenvalue weighted by molar-refractivity contribution is 5.94. The third-order valence-corrected chi connectivity index (χ3v) is 5.11. The van der Waals surface area contributed by atoms with E-state index in [-0.39, 0.29) is 0 Å². The Labute approximate surface area is 178 Å². The summed E-state index contributed by atoms with van der Waals surface area (Å²) in [7, 11) is 0. The Bertz CT molecular complexity index is 865. The number of benzene rings is 2. The molecule has 4 rings (SSSR count). The first-order valence-corrected chi connectivity index (χ1v) is 10.7. The lowest BCUT2D eigenvalue weighted by atomic mass is 10.1. The molecule has 0 bridgehead atoms. The normalized spacial score (nSPS) is 16.7. The van der Waals surface area contributed by atoms with Crippen molar-refractivity contribution in [1.82, 2.24) is 5.32 Å². The van der Waals surface area contributed by atoms with Gasteiger partial charge in [-0.25, -0.2) is 4.99 Å². The van der Waals surface area contributed by atoms with Gasteiger partial charge in [-0.05, 0) is 30.7 Å². The van der Waals surface area contributed by atoms with E-state index >= 15 is 0 Å². The maximum Gasteiger partial charge on any atom is 0.196 e. The maximum atomic E-state index is 5.80. The third-order valence-electron chi connectivity index (χ3n) is 5.11. The number of nitrogens with zero attached hydrogens (tertiary/aromatic N) is 2. The van der Waals surface area contributed by atoms with E-state index in [2.05, 4.69) is 46.7 Å². The molecular weight excluding hydrogens is 380 g/mol. The van der Waals surface area contributed by atoms with E-state index in [1.54, 1.807) is 0 Å². The molecule has 2 aliphatic heterocycles. The highest BCUT2D eigenvalue weighted by atomic mass is 16.5. The average Bonchev–Trinajstić information content (AvgIpc) is 3.03. The molecule has 0 amide bonds. The van der Waals surface area contributed by atoms with Crippen LogP contribution in [0.2, 0.25) is 0 Å². The molecule has 30 heavy (non-hydrogen) atoms.